The van der Waals surface area contributed by atoms with Crippen LogP contribution in [0.4, 0.5) is 0 Å². The zero-order chi connectivity index (χ0) is 15.4. The summed E-state index contributed by atoms with van der Waals surface area (Å²) in [6.45, 7) is 7.04. The third-order valence-electron chi connectivity index (χ3n) is 6.02. The molecule has 3 fully saturated rings. The van der Waals surface area contributed by atoms with Crippen molar-refractivity contribution in [1.29, 1.82) is 0 Å². The maximum Gasteiger partial charge on any atom is 0.190 e. The summed E-state index contributed by atoms with van der Waals surface area (Å²) < 4.78 is 0. The van der Waals surface area contributed by atoms with Crippen molar-refractivity contribution in [1.82, 2.24) is 15.5 Å². The van der Waals surface area contributed by atoms with Crippen molar-refractivity contribution >= 4 is 29.9 Å². The van der Waals surface area contributed by atoms with Gasteiger partial charge in [-0.15, -0.1) is 24.0 Å². The summed E-state index contributed by atoms with van der Waals surface area (Å²) in [5.74, 6) is 2.01. The predicted octanol–water partition coefficient (Wildman–Crippen LogP) is 3.22. The molecule has 4 nitrogen and oxygen atoms in total. The van der Waals surface area contributed by atoms with E-state index in [9.17, 15) is 0 Å². The third kappa shape index (κ3) is 5.48. The molecule has 0 aromatic rings. The van der Waals surface area contributed by atoms with Crippen LogP contribution in [0.5, 0.6) is 0 Å². The number of halogens is 1. The van der Waals surface area contributed by atoms with E-state index in [2.05, 4.69) is 27.4 Å². The van der Waals surface area contributed by atoms with Gasteiger partial charge in [-0.2, -0.15) is 0 Å². The first kappa shape index (κ1) is 19.3. The Bertz CT molecular complexity index is 390. The maximum atomic E-state index is 4.38. The molecule has 1 atom stereocenters. The Labute approximate surface area is 159 Å². The largest absolute Gasteiger partial charge is 0.356 e. The molecule has 3 aliphatic rings. The lowest BCUT2D eigenvalue weighted by Gasteiger charge is -2.33. The Hall–Kier alpha value is -0.0400. The fourth-order valence-electron chi connectivity index (χ4n) is 4.04. The lowest BCUT2D eigenvalue weighted by Crippen LogP contribution is -2.43. The number of hydrogen-bond acceptors (Lipinski definition) is 2. The fraction of sp³-hybridized carbons (Fsp3) is 0.944. The molecule has 0 aromatic heterocycles. The van der Waals surface area contributed by atoms with Crippen molar-refractivity contribution < 1.29 is 0 Å². The van der Waals surface area contributed by atoms with Crippen molar-refractivity contribution in [3.05, 3.63) is 0 Å². The SMILES string of the molecule is CN=C(NCCCN1CCCCC1C)NCC1(C2CC2)CC1.I. The van der Waals surface area contributed by atoms with Gasteiger partial charge in [-0.1, -0.05) is 6.42 Å². The van der Waals surface area contributed by atoms with Crippen LogP contribution in [0.1, 0.15) is 58.3 Å². The molecule has 2 saturated carbocycles. The van der Waals surface area contributed by atoms with Gasteiger partial charge in [-0.3, -0.25) is 4.99 Å². The number of nitrogens with one attached hydrogen (secondary N) is 2. The van der Waals surface area contributed by atoms with Crippen molar-refractivity contribution in [3.8, 4) is 0 Å². The zero-order valence-corrected chi connectivity index (χ0v) is 17.3. The first-order valence-electron chi connectivity index (χ1n) is 9.42. The van der Waals surface area contributed by atoms with Crippen molar-refractivity contribution in [3.63, 3.8) is 0 Å². The number of guanidine groups is 1. The molecule has 3 rings (SSSR count). The van der Waals surface area contributed by atoms with Gasteiger partial charge in [-0.25, -0.2) is 0 Å². The van der Waals surface area contributed by atoms with Gasteiger partial charge in [0.15, 0.2) is 5.96 Å². The van der Waals surface area contributed by atoms with Crippen LogP contribution in [0, 0.1) is 11.3 Å². The average molecular weight is 434 g/mol. The fourth-order valence-corrected chi connectivity index (χ4v) is 4.04. The minimum atomic E-state index is 0. The van der Waals surface area contributed by atoms with Gasteiger partial charge in [0.05, 0.1) is 0 Å². The Balaban J connectivity index is 0.00000192. The second-order valence-electron chi connectivity index (χ2n) is 7.72. The van der Waals surface area contributed by atoms with E-state index in [-0.39, 0.29) is 24.0 Å². The smallest absolute Gasteiger partial charge is 0.190 e. The Morgan fingerprint density at radius 2 is 1.96 bits per heavy atom. The van der Waals surface area contributed by atoms with Crippen LogP contribution >= 0.6 is 24.0 Å². The second kappa shape index (κ2) is 8.88. The van der Waals surface area contributed by atoms with Gasteiger partial charge >= 0.3 is 0 Å². The molecule has 0 aromatic carbocycles. The van der Waals surface area contributed by atoms with Gasteiger partial charge in [0, 0.05) is 32.7 Å². The van der Waals surface area contributed by atoms with Crippen molar-refractivity contribution in [2.24, 2.45) is 16.3 Å². The first-order chi connectivity index (χ1) is 10.7. The summed E-state index contributed by atoms with van der Waals surface area (Å²) in [7, 11) is 1.89. The molecule has 2 N–H and O–H groups in total. The minimum absolute atomic E-state index is 0. The summed E-state index contributed by atoms with van der Waals surface area (Å²) >= 11 is 0. The van der Waals surface area contributed by atoms with Gasteiger partial charge in [-0.05, 0) is 69.7 Å². The monoisotopic (exact) mass is 434 g/mol. The highest BCUT2D eigenvalue weighted by Gasteiger charge is 2.53. The molecule has 1 heterocycles. The van der Waals surface area contributed by atoms with E-state index in [1.54, 1.807) is 0 Å². The summed E-state index contributed by atoms with van der Waals surface area (Å²) in [6.07, 6.45) is 11.1. The van der Waals surface area contributed by atoms with E-state index in [1.165, 1.54) is 64.5 Å². The maximum absolute atomic E-state index is 4.38. The van der Waals surface area contributed by atoms with Crippen LogP contribution in [0.25, 0.3) is 0 Å². The molecule has 0 radical (unpaired) electrons. The normalized spacial score (nSPS) is 27.2. The molecule has 23 heavy (non-hydrogen) atoms. The molecular formula is C18H35IN4. The third-order valence-corrected chi connectivity index (χ3v) is 6.02. The summed E-state index contributed by atoms with van der Waals surface area (Å²) in [5, 5.41) is 7.06. The van der Waals surface area contributed by atoms with Gasteiger partial charge in [0.2, 0.25) is 0 Å². The van der Waals surface area contributed by atoms with Gasteiger partial charge in [0.1, 0.15) is 0 Å². The molecule has 5 heteroatoms. The lowest BCUT2D eigenvalue weighted by atomic mass is 10.0. The summed E-state index contributed by atoms with van der Waals surface area (Å²) in [4.78, 5) is 7.03. The molecule has 0 amide bonds. The van der Waals surface area contributed by atoms with Crippen molar-refractivity contribution in [2.45, 2.75) is 64.3 Å². The average Bonchev–Trinajstić information content (AvgIpc) is 3.40. The van der Waals surface area contributed by atoms with Crippen molar-refractivity contribution in [2.75, 3.05) is 33.2 Å². The zero-order valence-electron chi connectivity index (χ0n) is 14.9. The lowest BCUT2D eigenvalue weighted by molar-refractivity contribution is 0.159. The molecule has 1 aliphatic heterocycles. The summed E-state index contributed by atoms with van der Waals surface area (Å²) in [5.41, 5.74) is 0.640. The van der Waals surface area contributed by atoms with Crippen LogP contribution in [0.3, 0.4) is 0 Å². The molecule has 134 valence electrons. The van der Waals surface area contributed by atoms with Crippen LogP contribution in [-0.2, 0) is 0 Å². The molecular weight excluding hydrogens is 399 g/mol. The molecule has 2 aliphatic carbocycles. The van der Waals surface area contributed by atoms with Crippen LogP contribution in [0.2, 0.25) is 0 Å². The van der Waals surface area contributed by atoms with E-state index in [4.69, 9.17) is 0 Å². The highest BCUT2D eigenvalue weighted by molar-refractivity contribution is 14.0. The van der Waals surface area contributed by atoms with E-state index >= 15 is 0 Å². The van der Waals surface area contributed by atoms with Crippen LogP contribution in [-0.4, -0.2) is 50.1 Å². The van der Waals surface area contributed by atoms with E-state index in [0.29, 0.717) is 5.41 Å². The number of aliphatic imine (C=N–C) groups is 1. The standard InChI is InChI=1S/C18H34N4.HI/c1-15-6-3-4-12-22(15)13-5-11-20-17(19-2)21-14-18(9-10-18)16-7-8-16;/h15-16H,3-14H2,1-2H3,(H2,19,20,21);1H. The number of rotatable bonds is 7. The first-order valence-corrected chi connectivity index (χ1v) is 9.42. The number of hydrogen-bond donors (Lipinski definition) is 2. The number of piperidine rings is 1. The van der Waals surface area contributed by atoms with E-state index in [1.807, 2.05) is 7.05 Å². The predicted molar refractivity (Wildman–Crippen MR) is 109 cm³/mol. The minimum Gasteiger partial charge on any atom is -0.356 e. The highest BCUT2D eigenvalue weighted by Crippen LogP contribution is 2.60. The Morgan fingerprint density at radius 3 is 2.57 bits per heavy atom. The van der Waals surface area contributed by atoms with E-state index < -0.39 is 0 Å². The van der Waals surface area contributed by atoms with E-state index in [0.717, 1.165) is 31.0 Å². The van der Waals surface area contributed by atoms with Gasteiger partial charge < -0.3 is 15.5 Å². The second-order valence-corrected chi connectivity index (χ2v) is 7.72. The van der Waals surface area contributed by atoms with Crippen LogP contribution in [0.15, 0.2) is 4.99 Å². The molecule has 1 saturated heterocycles. The number of nitrogens with zero attached hydrogens (tertiary/aromatic N) is 2. The van der Waals surface area contributed by atoms with Crippen LogP contribution < -0.4 is 10.6 Å². The topological polar surface area (TPSA) is 39.7 Å². The summed E-state index contributed by atoms with van der Waals surface area (Å²) in [6, 6.07) is 0.777. The highest BCUT2D eigenvalue weighted by atomic mass is 127. The Morgan fingerprint density at radius 1 is 1.17 bits per heavy atom. The number of likely N-dealkylation sites (tertiary alicyclic amines) is 1. The molecule has 0 bridgehead atoms. The molecule has 0 spiro atoms. The van der Waals surface area contributed by atoms with Gasteiger partial charge in [0.25, 0.3) is 0 Å². The quantitative estimate of drug-likeness (QED) is 0.280. The Kier molecular flexibility index (Phi) is 7.45. The molecule has 1 unspecified atom stereocenters.